The van der Waals surface area contributed by atoms with Crippen molar-refractivity contribution >= 4 is 11.9 Å². The van der Waals surface area contributed by atoms with Crippen LogP contribution in [0.5, 0.6) is 0 Å². The molecule has 0 fully saturated rings. The predicted octanol–water partition coefficient (Wildman–Crippen LogP) is 7.06. The van der Waals surface area contributed by atoms with Crippen LogP contribution in [0.25, 0.3) is 22.7 Å². The quantitative estimate of drug-likeness (QED) is 0.343. The van der Waals surface area contributed by atoms with Gasteiger partial charge in [-0.25, -0.2) is 9.29 Å². The Hall–Kier alpha value is -2.82. The smallest absolute Gasteiger partial charge is 0.226 e. The Bertz CT molecular complexity index is 1030. The maximum absolute atomic E-state index is 5.66. The van der Waals surface area contributed by atoms with Gasteiger partial charge in [0.2, 0.25) is 5.89 Å². The van der Waals surface area contributed by atoms with Gasteiger partial charge in [0.25, 0.3) is 0 Å². The van der Waals surface area contributed by atoms with Crippen molar-refractivity contribution in [1.82, 2.24) is 9.29 Å². The summed E-state index contributed by atoms with van der Waals surface area (Å²) >= 11 is 1.84. The minimum atomic E-state index is 0.654. The lowest BCUT2D eigenvalue weighted by atomic mass is 10.1. The molecule has 0 saturated carbocycles. The van der Waals surface area contributed by atoms with Crippen LogP contribution >= 0.6 is 11.9 Å². The van der Waals surface area contributed by atoms with E-state index in [4.69, 9.17) is 4.42 Å². The molecule has 29 heavy (non-hydrogen) atoms. The number of hydrogen-bond donors (Lipinski definition) is 0. The van der Waals surface area contributed by atoms with Crippen LogP contribution in [0, 0.1) is 0 Å². The summed E-state index contributed by atoms with van der Waals surface area (Å²) in [5, 5.41) is 0. The first-order valence-electron chi connectivity index (χ1n) is 9.96. The van der Waals surface area contributed by atoms with Gasteiger partial charge < -0.3 is 4.42 Å². The largest absolute Gasteiger partial charge is 0.444 e. The number of rotatable bonds is 4. The highest BCUT2D eigenvalue weighted by atomic mass is 32.2. The zero-order valence-corrected chi connectivity index (χ0v) is 17.5. The molecule has 0 aliphatic carbocycles. The predicted molar refractivity (Wildman–Crippen MR) is 120 cm³/mol. The summed E-state index contributed by atoms with van der Waals surface area (Å²) in [6.07, 6.45) is 1.73. The minimum Gasteiger partial charge on any atom is -0.444 e. The number of oxazole rings is 1. The lowest BCUT2D eigenvalue weighted by Gasteiger charge is -2.13. The Morgan fingerprint density at radius 3 is 2.34 bits per heavy atom. The van der Waals surface area contributed by atoms with E-state index in [0.29, 0.717) is 5.89 Å². The second kappa shape index (κ2) is 9.12. The Labute approximate surface area is 176 Å². The Morgan fingerprint density at radius 1 is 0.862 bits per heavy atom. The second-order valence-electron chi connectivity index (χ2n) is 6.60. The summed E-state index contributed by atoms with van der Waals surface area (Å²) < 4.78 is 8.05. The molecule has 0 spiro atoms. The first-order valence-corrected chi connectivity index (χ1v) is 10.7. The van der Waals surface area contributed by atoms with Gasteiger partial charge in [-0.15, -0.1) is 0 Å². The summed E-state index contributed by atoms with van der Waals surface area (Å²) in [7, 11) is 0. The molecular weight excluding hydrogens is 376 g/mol. The third kappa shape index (κ3) is 4.44. The number of nitrogens with zero attached hydrogens (tertiary/aromatic N) is 2. The summed E-state index contributed by atoms with van der Waals surface area (Å²) in [6.45, 7) is 5.92. The van der Waals surface area contributed by atoms with E-state index < -0.39 is 0 Å². The molecule has 0 saturated heterocycles. The standard InChI is InChI=1S/C23H18N2OS.C2H6/c1-2-6-19(7-3-1)23-24-21(16-26-23)18-12-10-17(11-13-18)14-25-15-20-8-4-5-9-22(20)27-25;1-2/h1-13,16H,14-15H2;1-2H3. The molecule has 4 heteroatoms. The van der Waals surface area contributed by atoms with Gasteiger partial charge in [0.1, 0.15) is 12.0 Å². The zero-order chi connectivity index (χ0) is 20.1. The van der Waals surface area contributed by atoms with Gasteiger partial charge in [-0.3, -0.25) is 0 Å². The van der Waals surface area contributed by atoms with E-state index in [-0.39, 0.29) is 0 Å². The zero-order valence-electron chi connectivity index (χ0n) is 16.7. The number of aromatic nitrogens is 1. The Balaban J connectivity index is 0.000000994. The summed E-state index contributed by atoms with van der Waals surface area (Å²) in [5.41, 5.74) is 5.64. The van der Waals surface area contributed by atoms with Crippen molar-refractivity contribution in [3.8, 4) is 22.7 Å². The molecule has 1 aliphatic rings. The van der Waals surface area contributed by atoms with E-state index in [0.717, 1.165) is 29.9 Å². The second-order valence-corrected chi connectivity index (χ2v) is 7.74. The van der Waals surface area contributed by atoms with Crippen LogP contribution in [0.15, 0.2) is 94.4 Å². The van der Waals surface area contributed by atoms with Gasteiger partial charge in [-0.05, 0) is 41.3 Å². The molecule has 5 rings (SSSR count). The fraction of sp³-hybridized carbons (Fsp3) is 0.160. The highest BCUT2D eigenvalue weighted by Gasteiger charge is 2.19. The first kappa shape index (κ1) is 19.5. The molecule has 2 heterocycles. The fourth-order valence-electron chi connectivity index (χ4n) is 3.28. The molecule has 0 bridgehead atoms. The van der Waals surface area contributed by atoms with E-state index in [1.165, 1.54) is 16.0 Å². The number of fused-ring (bicyclic) bond motifs is 1. The van der Waals surface area contributed by atoms with E-state index in [1.807, 2.05) is 56.1 Å². The van der Waals surface area contributed by atoms with Gasteiger partial charge in [0.15, 0.2) is 0 Å². The third-order valence-electron chi connectivity index (χ3n) is 4.68. The van der Waals surface area contributed by atoms with E-state index in [2.05, 4.69) is 57.8 Å². The van der Waals surface area contributed by atoms with Crippen molar-refractivity contribution in [2.75, 3.05) is 0 Å². The lowest BCUT2D eigenvalue weighted by molar-refractivity contribution is 0.475. The fourth-order valence-corrected chi connectivity index (χ4v) is 4.36. The molecule has 1 aliphatic heterocycles. The van der Waals surface area contributed by atoms with Crippen molar-refractivity contribution in [2.45, 2.75) is 31.8 Å². The van der Waals surface area contributed by atoms with Gasteiger partial charge in [0, 0.05) is 29.1 Å². The SMILES string of the molecule is CC.c1ccc(-c2nc(-c3ccc(CN4Cc5ccccc5S4)cc3)co2)cc1. The summed E-state index contributed by atoms with van der Waals surface area (Å²) in [5.74, 6) is 0.654. The highest BCUT2D eigenvalue weighted by molar-refractivity contribution is 7.97. The van der Waals surface area contributed by atoms with E-state index in [1.54, 1.807) is 6.26 Å². The van der Waals surface area contributed by atoms with Gasteiger partial charge in [-0.1, -0.05) is 74.5 Å². The third-order valence-corrected chi connectivity index (χ3v) is 5.79. The van der Waals surface area contributed by atoms with Crippen LogP contribution in [-0.2, 0) is 13.1 Å². The van der Waals surface area contributed by atoms with E-state index in [9.17, 15) is 0 Å². The Morgan fingerprint density at radius 2 is 1.59 bits per heavy atom. The molecule has 4 aromatic rings. The minimum absolute atomic E-state index is 0.654. The van der Waals surface area contributed by atoms with E-state index >= 15 is 0 Å². The van der Waals surface area contributed by atoms with Gasteiger partial charge in [0.05, 0.1) is 0 Å². The molecule has 0 N–H and O–H groups in total. The topological polar surface area (TPSA) is 29.3 Å². The van der Waals surface area contributed by atoms with Crippen LogP contribution in [0.3, 0.4) is 0 Å². The average molecular weight is 401 g/mol. The molecule has 146 valence electrons. The van der Waals surface area contributed by atoms with Crippen molar-refractivity contribution in [3.05, 3.63) is 96.3 Å². The number of benzene rings is 3. The maximum Gasteiger partial charge on any atom is 0.226 e. The molecule has 0 amide bonds. The molecule has 3 nitrogen and oxygen atoms in total. The summed E-state index contributed by atoms with van der Waals surface area (Å²) in [4.78, 5) is 6.00. The molecule has 3 aromatic carbocycles. The lowest BCUT2D eigenvalue weighted by Crippen LogP contribution is -2.09. The monoisotopic (exact) mass is 400 g/mol. The maximum atomic E-state index is 5.66. The van der Waals surface area contributed by atoms with Crippen LogP contribution in [-0.4, -0.2) is 9.29 Å². The summed E-state index contributed by atoms with van der Waals surface area (Å²) in [6, 6.07) is 27.2. The van der Waals surface area contributed by atoms with Crippen molar-refractivity contribution < 1.29 is 4.42 Å². The van der Waals surface area contributed by atoms with Gasteiger partial charge in [-0.2, -0.15) is 0 Å². The number of hydrogen-bond acceptors (Lipinski definition) is 4. The molecule has 0 radical (unpaired) electrons. The van der Waals surface area contributed by atoms with Crippen LogP contribution in [0.2, 0.25) is 0 Å². The molecule has 0 atom stereocenters. The Kier molecular flexibility index (Phi) is 6.13. The van der Waals surface area contributed by atoms with Crippen molar-refractivity contribution in [2.24, 2.45) is 0 Å². The molecule has 0 unspecified atom stereocenters. The van der Waals surface area contributed by atoms with Gasteiger partial charge >= 0.3 is 0 Å². The highest BCUT2D eigenvalue weighted by Crippen LogP contribution is 2.36. The van der Waals surface area contributed by atoms with Crippen molar-refractivity contribution in [1.29, 1.82) is 0 Å². The first-order chi connectivity index (χ1) is 14.3. The molecule has 1 aromatic heterocycles. The van der Waals surface area contributed by atoms with Crippen molar-refractivity contribution in [3.63, 3.8) is 0 Å². The van der Waals surface area contributed by atoms with Crippen LogP contribution in [0.4, 0.5) is 0 Å². The normalized spacial score (nSPS) is 12.9. The van der Waals surface area contributed by atoms with Crippen LogP contribution < -0.4 is 0 Å². The van der Waals surface area contributed by atoms with Crippen LogP contribution in [0.1, 0.15) is 25.0 Å². The average Bonchev–Trinajstić information content (AvgIpc) is 3.43. The molecular formula is C25H24N2OS.